The number of aromatic nitrogens is 1. The van der Waals surface area contributed by atoms with Gasteiger partial charge in [0, 0.05) is 11.8 Å². The molecule has 0 fully saturated rings. The first-order valence-electron chi connectivity index (χ1n) is 3.83. The van der Waals surface area contributed by atoms with Gasteiger partial charge >= 0.3 is 0 Å². The fraction of sp³-hybridized carbons (Fsp3) is 0.200. The first kappa shape index (κ1) is 9.43. The molecule has 0 aromatic carbocycles. The van der Waals surface area contributed by atoms with Gasteiger partial charge in [-0.15, -0.1) is 0 Å². The summed E-state index contributed by atoms with van der Waals surface area (Å²) < 4.78 is 0. The smallest absolute Gasteiger partial charge is 0.151 e. The van der Waals surface area contributed by atoms with Crippen LogP contribution < -0.4 is 0 Å². The molecule has 1 aromatic rings. The van der Waals surface area contributed by atoms with Crippen LogP contribution in [0.5, 0.6) is 0 Å². The van der Waals surface area contributed by atoms with Gasteiger partial charge in [-0.1, -0.05) is 5.92 Å². The Hall–Kier alpha value is -1.66. The molecular weight excluding hydrogens is 166 g/mol. The topological polar surface area (TPSA) is 50.2 Å². The molecule has 0 aliphatic rings. The van der Waals surface area contributed by atoms with E-state index in [1.807, 2.05) is 0 Å². The molecule has 0 aliphatic carbocycles. The molecule has 0 saturated carbocycles. The van der Waals surface area contributed by atoms with Crippen LogP contribution in [0, 0.1) is 11.8 Å². The Labute approximate surface area is 76.4 Å². The molecule has 1 N–H and O–H groups in total. The molecule has 1 aromatic heterocycles. The maximum absolute atomic E-state index is 10.3. The molecule has 0 saturated heterocycles. The molecule has 0 aliphatic heterocycles. The number of rotatable bonds is 1. The average Bonchev–Trinajstić information content (AvgIpc) is 2.15. The quantitative estimate of drug-likeness (QED) is 0.503. The van der Waals surface area contributed by atoms with Crippen molar-refractivity contribution in [3.63, 3.8) is 0 Å². The third-order valence-corrected chi connectivity index (χ3v) is 1.33. The molecular formula is C10H9NO2. The number of aliphatic hydroxyl groups excluding tert-OH is 1. The first-order chi connectivity index (χ1) is 6.22. The maximum Gasteiger partial charge on any atom is 0.151 e. The van der Waals surface area contributed by atoms with E-state index >= 15 is 0 Å². The lowest BCUT2D eigenvalue weighted by atomic mass is 10.2. The molecule has 66 valence electrons. The van der Waals surface area contributed by atoms with Crippen LogP contribution >= 0.6 is 0 Å². The van der Waals surface area contributed by atoms with E-state index < -0.39 is 6.10 Å². The second-order valence-corrected chi connectivity index (χ2v) is 2.54. The Morgan fingerprint density at radius 2 is 2.38 bits per heavy atom. The summed E-state index contributed by atoms with van der Waals surface area (Å²) >= 11 is 0. The fourth-order valence-electron chi connectivity index (χ4n) is 0.727. The SMILES string of the molecule is C[C@@H](O)C#Cc1ccc(C=O)cn1. The summed E-state index contributed by atoms with van der Waals surface area (Å²) in [6.45, 7) is 1.58. The molecule has 0 amide bonds. The Bertz CT molecular complexity index is 343. The molecule has 13 heavy (non-hydrogen) atoms. The number of pyridine rings is 1. The van der Waals surface area contributed by atoms with E-state index in [-0.39, 0.29) is 0 Å². The number of hydrogen-bond donors (Lipinski definition) is 1. The van der Waals surface area contributed by atoms with E-state index in [0.29, 0.717) is 11.3 Å². The molecule has 0 radical (unpaired) electrons. The van der Waals surface area contributed by atoms with Gasteiger partial charge in [-0.2, -0.15) is 0 Å². The zero-order valence-electron chi connectivity index (χ0n) is 7.19. The Kier molecular flexibility index (Phi) is 3.18. The second-order valence-electron chi connectivity index (χ2n) is 2.54. The van der Waals surface area contributed by atoms with Crippen LogP contribution in [-0.2, 0) is 0 Å². The lowest BCUT2D eigenvalue weighted by Crippen LogP contribution is -1.93. The lowest BCUT2D eigenvalue weighted by Gasteiger charge is -1.91. The van der Waals surface area contributed by atoms with Crippen molar-refractivity contribution in [1.29, 1.82) is 0 Å². The van der Waals surface area contributed by atoms with Crippen LogP contribution in [0.1, 0.15) is 23.0 Å². The minimum Gasteiger partial charge on any atom is -0.381 e. The van der Waals surface area contributed by atoms with Gasteiger partial charge in [-0.05, 0) is 25.0 Å². The van der Waals surface area contributed by atoms with Gasteiger partial charge in [0.1, 0.15) is 11.8 Å². The monoisotopic (exact) mass is 175 g/mol. The van der Waals surface area contributed by atoms with E-state index in [1.54, 1.807) is 19.1 Å². The number of carbonyl (C=O) groups excluding carboxylic acids is 1. The lowest BCUT2D eigenvalue weighted by molar-refractivity contribution is 0.112. The van der Waals surface area contributed by atoms with Crippen molar-refractivity contribution in [2.24, 2.45) is 0 Å². The third kappa shape index (κ3) is 3.06. The van der Waals surface area contributed by atoms with Crippen molar-refractivity contribution in [2.45, 2.75) is 13.0 Å². The van der Waals surface area contributed by atoms with Crippen molar-refractivity contribution in [3.8, 4) is 11.8 Å². The average molecular weight is 175 g/mol. The fourth-order valence-corrected chi connectivity index (χ4v) is 0.727. The standard InChI is InChI=1S/C10H9NO2/c1-8(13)2-4-10-5-3-9(7-12)6-11-10/h3,5-8,13H,1H3/t8-/m1/s1. The number of aldehydes is 1. The summed E-state index contributed by atoms with van der Waals surface area (Å²) in [5.41, 5.74) is 1.06. The van der Waals surface area contributed by atoms with Crippen LogP contribution in [0.15, 0.2) is 18.3 Å². The molecule has 3 nitrogen and oxygen atoms in total. The van der Waals surface area contributed by atoms with E-state index in [9.17, 15) is 4.79 Å². The summed E-state index contributed by atoms with van der Waals surface area (Å²) in [6.07, 6.45) is 1.50. The Morgan fingerprint density at radius 3 is 2.85 bits per heavy atom. The van der Waals surface area contributed by atoms with Crippen molar-refractivity contribution in [2.75, 3.05) is 0 Å². The maximum atomic E-state index is 10.3. The summed E-state index contributed by atoms with van der Waals surface area (Å²) in [5.74, 6) is 5.22. The van der Waals surface area contributed by atoms with Gasteiger partial charge in [-0.3, -0.25) is 4.79 Å². The van der Waals surface area contributed by atoms with E-state index in [1.165, 1.54) is 6.20 Å². The molecule has 0 spiro atoms. The molecule has 3 heteroatoms. The predicted octanol–water partition coefficient (Wildman–Crippen LogP) is 0.626. The van der Waals surface area contributed by atoms with Crippen LogP contribution in [0.3, 0.4) is 0 Å². The van der Waals surface area contributed by atoms with Gasteiger partial charge in [0.25, 0.3) is 0 Å². The normalized spacial score (nSPS) is 11.2. The van der Waals surface area contributed by atoms with Crippen LogP contribution in [-0.4, -0.2) is 22.5 Å². The molecule has 1 rings (SSSR count). The minimum absolute atomic E-state index is 0.516. The van der Waals surface area contributed by atoms with Crippen molar-refractivity contribution in [3.05, 3.63) is 29.6 Å². The number of nitrogens with zero attached hydrogens (tertiary/aromatic N) is 1. The van der Waals surface area contributed by atoms with Crippen molar-refractivity contribution in [1.82, 2.24) is 4.98 Å². The summed E-state index contributed by atoms with van der Waals surface area (Å²) in [7, 11) is 0. The summed E-state index contributed by atoms with van der Waals surface area (Å²) in [6, 6.07) is 3.27. The third-order valence-electron chi connectivity index (χ3n) is 1.33. The predicted molar refractivity (Wildman–Crippen MR) is 48.2 cm³/mol. The second kappa shape index (κ2) is 4.39. The van der Waals surface area contributed by atoms with Crippen LogP contribution in [0.2, 0.25) is 0 Å². The number of hydrogen-bond acceptors (Lipinski definition) is 3. The Morgan fingerprint density at radius 1 is 1.62 bits per heavy atom. The van der Waals surface area contributed by atoms with Gasteiger partial charge in [-0.25, -0.2) is 4.98 Å². The zero-order chi connectivity index (χ0) is 9.68. The molecule has 0 unspecified atom stereocenters. The molecule has 1 heterocycles. The first-order valence-corrected chi connectivity index (χ1v) is 3.83. The van der Waals surface area contributed by atoms with Gasteiger partial charge in [0.05, 0.1) is 0 Å². The van der Waals surface area contributed by atoms with Crippen molar-refractivity contribution < 1.29 is 9.90 Å². The van der Waals surface area contributed by atoms with Crippen LogP contribution in [0.25, 0.3) is 0 Å². The van der Waals surface area contributed by atoms with Crippen molar-refractivity contribution >= 4 is 6.29 Å². The van der Waals surface area contributed by atoms with Gasteiger partial charge in [0.2, 0.25) is 0 Å². The van der Waals surface area contributed by atoms with Gasteiger partial charge < -0.3 is 5.11 Å². The molecule has 0 bridgehead atoms. The zero-order valence-corrected chi connectivity index (χ0v) is 7.19. The highest BCUT2D eigenvalue weighted by Crippen LogP contribution is 1.95. The highest BCUT2D eigenvalue weighted by molar-refractivity contribution is 5.74. The van der Waals surface area contributed by atoms with E-state index in [2.05, 4.69) is 16.8 Å². The molecule has 1 atom stereocenters. The minimum atomic E-state index is -0.660. The number of aliphatic hydroxyl groups is 1. The van der Waals surface area contributed by atoms with E-state index in [0.717, 1.165) is 6.29 Å². The van der Waals surface area contributed by atoms with Gasteiger partial charge in [0.15, 0.2) is 6.29 Å². The Balaban J connectivity index is 2.82. The highest BCUT2D eigenvalue weighted by atomic mass is 16.3. The number of carbonyl (C=O) groups is 1. The summed E-state index contributed by atoms with van der Waals surface area (Å²) in [5, 5.41) is 8.86. The largest absolute Gasteiger partial charge is 0.381 e. The summed E-state index contributed by atoms with van der Waals surface area (Å²) in [4.78, 5) is 14.2. The van der Waals surface area contributed by atoms with Crippen LogP contribution in [0.4, 0.5) is 0 Å². The van der Waals surface area contributed by atoms with E-state index in [4.69, 9.17) is 5.11 Å². The highest BCUT2D eigenvalue weighted by Gasteiger charge is 1.91.